The molecule has 2 aromatic carbocycles. The third kappa shape index (κ3) is 3.15. The molecule has 0 spiro atoms. The quantitative estimate of drug-likeness (QED) is 0.570. The van der Waals surface area contributed by atoms with Crippen molar-refractivity contribution in [3.05, 3.63) is 59.6 Å². The van der Waals surface area contributed by atoms with Crippen LogP contribution >= 0.6 is 0 Å². The number of nitrogens with zero attached hydrogens (tertiary/aromatic N) is 2. The van der Waals surface area contributed by atoms with Crippen molar-refractivity contribution in [3.8, 4) is 17.1 Å². The fourth-order valence-corrected chi connectivity index (χ4v) is 2.95. The maximum atomic E-state index is 12.7. The van der Waals surface area contributed by atoms with E-state index in [2.05, 4.69) is 20.5 Å². The third-order valence-corrected chi connectivity index (χ3v) is 4.33. The van der Waals surface area contributed by atoms with Crippen molar-refractivity contribution < 1.29 is 13.9 Å². The maximum Gasteiger partial charge on any atom is 0.291 e. The van der Waals surface area contributed by atoms with Crippen molar-refractivity contribution in [2.24, 2.45) is 0 Å². The number of ether oxygens (including phenoxy) is 1. The molecule has 1 amide bonds. The molecule has 136 valence electrons. The van der Waals surface area contributed by atoms with Crippen LogP contribution in [0.2, 0.25) is 0 Å². The second-order valence-electron chi connectivity index (χ2n) is 6.20. The van der Waals surface area contributed by atoms with Gasteiger partial charge in [0.15, 0.2) is 11.6 Å². The highest BCUT2D eigenvalue weighted by Gasteiger charge is 2.18. The Morgan fingerprint density at radius 3 is 2.78 bits per heavy atom. The largest absolute Gasteiger partial charge is 0.497 e. The number of aryl methyl sites for hydroxylation is 2. The van der Waals surface area contributed by atoms with E-state index in [1.165, 1.54) is 0 Å². The van der Waals surface area contributed by atoms with E-state index in [1.807, 2.05) is 50.2 Å². The third-order valence-electron chi connectivity index (χ3n) is 4.33. The summed E-state index contributed by atoms with van der Waals surface area (Å²) in [5.74, 6) is 1.95. The molecule has 7 nitrogen and oxygen atoms in total. The minimum absolute atomic E-state index is 0.275. The highest BCUT2D eigenvalue weighted by Crippen LogP contribution is 2.29. The molecule has 2 aromatic heterocycles. The van der Waals surface area contributed by atoms with Gasteiger partial charge in [-0.3, -0.25) is 9.89 Å². The van der Waals surface area contributed by atoms with Gasteiger partial charge in [0, 0.05) is 28.3 Å². The number of hydrogen-bond donors (Lipinski definition) is 2. The molecule has 0 atom stereocenters. The standard InChI is InChI=1S/C20H18N4O3/c1-11-16-8-7-15(26-3)10-17(16)27-18(11)20(25)22-14-6-4-5-13(9-14)19-21-12(2)23-24-19/h4-10H,1-3H3,(H,22,25)(H,21,23,24). The van der Waals surface area contributed by atoms with E-state index in [4.69, 9.17) is 9.15 Å². The van der Waals surface area contributed by atoms with Crippen molar-refractivity contribution in [2.75, 3.05) is 12.4 Å². The first-order valence-corrected chi connectivity index (χ1v) is 8.43. The van der Waals surface area contributed by atoms with Gasteiger partial charge < -0.3 is 14.5 Å². The Morgan fingerprint density at radius 1 is 1.19 bits per heavy atom. The van der Waals surface area contributed by atoms with Crippen LogP contribution in [0.25, 0.3) is 22.4 Å². The van der Waals surface area contributed by atoms with Crippen LogP contribution in [0.4, 0.5) is 5.69 Å². The highest BCUT2D eigenvalue weighted by atomic mass is 16.5. The predicted molar refractivity (Wildman–Crippen MR) is 102 cm³/mol. The molecule has 2 N–H and O–H groups in total. The number of amides is 1. The number of benzene rings is 2. The van der Waals surface area contributed by atoms with E-state index in [1.54, 1.807) is 13.2 Å². The number of rotatable bonds is 4. The fourth-order valence-electron chi connectivity index (χ4n) is 2.95. The van der Waals surface area contributed by atoms with Crippen molar-refractivity contribution >= 4 is 22.6 Å². The van der Waals surface area contributed by atoms with Gasteiger partial charge in [0.1, 0.15) is 17.2 Å². The molecule has 0 aliphatic heterocycles. The number of anilines is 1. The van der Waals surface area contributed by atoms with Crippen molar-refractivity contribution in [1.29, 1.82) is 0 Å². The Kier molecular flexibility index (Phi) is 4.12. The number of furan rings is 1. The summed E-state index contributed by atoms with van der Waals surface area (Å²) in [7, 11) is 1.59. The minimum Gasteiger partial charge on any atom is -0.497 e. The Morgan fingerprint density at radius 2 is 2.04 bits per heavy atom. The van der Waals surface area contributed by atoms with Gasteiger partial charge in [0.25, 0.3) is 5.91 Å². The van der Waals surface area contributed by atoms with Crippen molar-refractivity contribution in [1.82, 2.24) is 15.2 Å². The smallest absolute Gasteiger partial charge is 0.291 e. The second kappa shape index (κ2) is 6.60. The monoisotopic (exact) mass is 362 g/mol. The van der Waals surface area contributed by atoms with Crippen LogP contribution in [-0.2, 0) is 0 Å². The number of nitrogens with one attached hydrogen (secondary N) is 2. The molecule has 27 heavy (non-hydrogen) atoms. The van der Waals surface area contributed by atoms with Gasteiger partial charge in [-0.15, -0.1) is 0 Å². The Labute approximate surface area is 155 Å². The molecular formula is C20H18N4O3. The van der Waals surface area contributed by atoms with Crippen molar-refractivity contribution in [2.45, 2.75) is 13.8 Å². The summed E-state index contributed by atoms with van der Waals surface area (Å²) in [6.45, 7) is 3.70. The Balaban J connectivity index is 1.63. The molecule has 2 heterocycles. The molecule has 0 aliphatic carbocycles. The molecule has 0 unspecified atom stereocenters. The summed E-state index contributed by atoms with van der Waals surface area (Å²) in [4.78, 5) is 17.0. The number of hydrogen-bond acceptors (Lipinski definition) is 5. The Bertz CT molecular complexity index is 1140. The zero-order valence-electron chi connectivity index (χ0n) is 15.2. The predicted octanol–water partition coefficient (Wildman–Crippen LogP) is 4.10. The van der Waals surface area contributed by atoms with E-state index in [0.29, 0.717) is 22.8 Å². The molecular weight excluding hydrogens is 344 g/mol. The molecule has 0 saturated heterocycles. The molecule has 0 saturated carbocycles. The molecule has 0 radical (unpaired) electrons. The number of aromatic nitrogens is 3. The average Bonchev–Trinajstić information content (AvgIpc) is 3.25. The lowest BCUT2D eigenvalue weighted by atomic mass is 10.1. The molecule has 0 aliphatic rings. The molecule has 4 aromatic rings. The molecule has 4 rings (SSSR count). The van der Waals surface area contributed by atoms with E-state index in [0.717, 1.165) is 22.3 Å². The van der Waals surface area contributed by atoms with E-state index in [-0.39, 0.29) is 11.7 Å². The van der Waals surface area contributed by atoms with Crippen LogP contribution in [0.15, 0.2) is 46.9 Å². The fraction of sp³-hybridized carbons (Fsp3) is 0.150. The summed E-state index contributed by atoms with van der Waals surface area (Å²) < 4.78 is 11.0. The van der Waals surface area contributed by atoms with Crippen LogP contribution in [0.5, 0.6) is 5.75 Å². The summed E-state index contributed by atoms with van der Waals surface area (Å²) in [5, 5.41) is 10.7. The summed E-state index contributed by atoms with van der Waals surface area (Å²) in [6.07, 6.45) is 0. The molecule has 7 heteroatoms. The number of carbonyl (C=O) groups excluding carboxylic acids is 1. The van der Waals surface area contributed by atoms with Crippen LogP contribution in [-0.4, -0.2) is 28.2 Å². The lowest BCUT2D eigenvalue weighted by Gasteiger charge is -2.05. The number of carbonyl (C=O) groups is 1. The first kappa shape index (κ1) is 16.8. The Hall–Kier alpha value is -3.61. The second-order valence-corrected chi connectivity index (χ2v) is 6.20. The van der Waals surface area contributed by atoms with Gasteiger partial charge in [0.05, 0.1) is 7.11 Å². The van der Waals surface area contributed by atoms with Gasteiger partial charge >= 0.3 is 0 Å². The van der Waals surface area contributed by atoms with Gasteiger partial charge in [-0.1, -0.05) is 12.1 Å². The van der Waals surface area contributed by atoms with Crippen LogP contribution in [0.3, 0.4) is 0 Å². The number of fused-ring (bicyclic) bond motifs is 1. The van der Waals surface area contributed by atoms with E-state index >= 15 is 0 Å². The SMILES string of the molecule is COc1ccc2c(C)c(C(=O)Nc3cccc(-c4n[nH]c(C)n4)c3)oc2c1. The first-order chi connectivity index (χ1) is 13.0. The zero-order chi connectivity index (χ0) is 19.0. The highest BCUT2D eigenvalue weighted by molar-refractivity contribution is 6.06. The molecule has 0 fully saturated rings. The molecule has 0 bridgehead atoms. The lowest BCUT2D eigenvalue weighted by molar-refractivity contribution is 0.0998. The van der Waals surface area contributed by atoms with Crippen LogP contribution < -0.4 is 10.1 Å². The summed E-state index contributed by atoms with van der Waals surface area (Å²) in [5.41, 5.74) is 2.84. The average molecular weight is 362 g/mol. The topological polar surface area (TPSA) is 93.0 Å². The minimum atomic E-state index is -0.314. The summed E-state index contributed by atoms with van der Waals surface area (Å²) in [6, 6.07) is 12.9. The maximum absolute atomic E-state index is 12.7. The number of aromatic amines is 1. The lowest BCUT2D eigenvalue weighted by Crippen LogP contribution is -2.12. The zero-order valence-corrected chi connectivity index (χ0v) is 15.2. The van der Waals surface area contributed by atoms with Crippen LogP contribution in [0.1, 0.15) is 21.9 Å². The van der Waals surface area contributed by atoms with E-state index < -0.39 is 0 Å². The van der Waals surface area contributed by atoms with Crippen molar-refractivity contribution in [3.63, 3.8) is 0 Å². The number of H-pyrrole nitrogens is 1. The van der Waals surface area contributed by atoms with Crippen LogP contribution in [0, 0.1) is 13.8 Å². The normalized spacial score (nSPS) is 10.9. The van der Waals surface area contributed by atoms with Gasteiger partial charge in [-0.2, -0.15) is 5.10 Å². The van der Waals surface area contributed by atoms with Gasteiger partial charge in [-0.25, -0.2) is 4.98 Å². The first-order valence-electron chi connectivity index (χ1n) is 8.43. The number of methoxy groups -OCH3 is 1. The van der Waals surface area contributed by atoms with Gasteiger partial charge in [-0.05, 0) is 38.1 Å². The summed E-state index contributed by atoms with van der Waals surface area (Å²) >= 11 is 0. The van der Waals surface area contributed by atoms with E-state index in [9.17, 15) is 4.79 Å². The van der Waals surface area contributed by atoms with Gasteiger partial charge in [0.2, 0.25) is 0 Å².